The van der Waals surface area contributed by atoms with E-state index in [1.54, 1.807) is 0 Å². The minimum atomic E-state index is -2.75. The second-order valence-electron chi connectivity index (χ2n) is 1.55. The Morgan fingerprint density at radius 1 is 1.60 bits per heavy atom. The molecule has 3 nitrogen and oxygen atoms in total. The number of rotatable bonds is 3. The van der Waals surface area contributed by atoms with Crippen molar-refractivity contribution in [1.29, 1.82) is 0 Å². The van der Waals surface area contributed by atoms with E-state index in [4.69, 9.17) is 4.89 Å². The molecule has 0 saturated carbocycles. The van der Waals surface area contributed by atoms with Crippen LogP contribution < -0.4 is 0 Å². The van der Waals surface area contributed by atoms with Gasteiger partial charge in [-0.3, -0.25) is 0 Å². The summed E-state index contributed by atoms with van der Waals surface area (Å²) in [5.41, 5.74) is 0. The van der Waals surface area contributed by atoms with Gasteiger partial charge in [0.05, 0.1) is 6.26 Å². The van der Waals surface area contributed by atoms with Crippen molar-refractivity contribution in [2.24, 2.45) is 0 Å². The third kappa shape index (κ3) is 25.2. The second-order valence-corrected chi connectivity index (χ2v) is 2.32. The van der Waals surface area contributed by atoms with Crippen molar-refractivity contribution in [2.45, 2.75) is 26.7 Å². The standard InChI is InChI=1S/C4H10.C2H5O3P/c1-3-4-2;1-2-5-6(3)4/h3-4H2,1-2H3;2,6H,1H2,(H,3,4). The summed E-state index contributed by atoms with van der Waals surface area (Å²) in [6.45, 7) is 7.41. The summed E-state index contributed by atoms with van der Waals surface area (Å²) in [4.78, 5) is 7.81. The molecule has 0 bridgehead atoms. The zero-order valence-electron chi connectivity index (χ0n) is 6.46. The maximum Gasteiger partial charge on any atom is 0.364 e. The van der Waals surface area contributed by atoms with Gasteiger partial charge in [-0.25, -0.2) is 4.57 Å². The van der Waals surface area contributed by atoms with E-state index >= 15 is 0 Å². The third-order valence-electron chi connectivity index (χ3n) is 0.684. The van der Waals surface area contributed by atoms with E-state index in [2.05, 4.69) is 25.0 Å². The molecule has 0 aromatic rings. The first-order chi connectivity index (χ1) is 4.68. The Labute approximate surface area is 62.7 Å². The summed E-state index contributed by atoms with van der Waals surface area (Å²) in [6.07, 6.45) is 3.57. The molecule has 1 N–H and O–H groups in total. The van der Waals surface area contributed by atoms with E-state index in [1.807, 2.05) is 0 Å². The molecule has 0 aromatic carbocycles. The molecule has 0 rings (SSSR count). The molecule has 0 radical (unpaired) electrons. The molecule has 0 aromatic heterocycles. The highest BCUT2D eigenvalue weighted by Crippen LogP contribution is 2.12. The molecule has 62 valence electrons. The molecule has 1 unspecified atom stereocenters. The third-order valence-corrected chi connectivity index (χ3v) is 1.05. The lowest BCUT2D eigenvalue weighted by atomic mass is 10.4. The minimum Gasteiger partial charge on any atom is -0.435 e. The Morgan fingerprint density at radius 2 is 2.00 bits per heavy atom. The molecule has 0 spiro atoms. The van der Waals surface area contributed by atoms with Crippen LogP contribution in [-0.2, 0) is 9.09 Å². The summed E-state index contributed by atoms with van der Waals surface area (Å²) >= 11 is 0. The lowest BCUT2D eigenvalue weighted by molar-refractivity contribution is 0.379. The second kappa shape index (κ2) is 11.5. The van der Waals surface area contributed by atoms with E-state index < -0.39 is 8.25 Å². The van der Waals surface area contributed by atoms with Gasteiger partial charge in [0, 0.05) is 0 Å². The van der Waals surface area contributed by atoms with Crippen molar-refractivity contribution in [3.05, 3.63) is 12.8 Å². The Morgan fingerprint density at radius 3 is 2.00 bits per heavy atom. The Hall–Kier alpha value is -0.270. The predicted molar refractivity (Wildman–Crippen MR) is 43.1 cm³/mol. The lowest BCUT2D eigenvalue weighted by Gasteiger charge is -1.84. The fourth-order valence-corrected chi connectivity index (χ4v) is 0.214. The SMILES string of the molecule is C=CO[PH](=O)O.CCCC. The Balaban J connectivity index is 0. The number of hydrogen-bond donors (Lipinski definition) is 1. The van der Waals surface area contributed by atoms with Crippen LogP contribution in [0.15, 0.2) is 12.8 Å². The lowest BCUT2D eigenvalue weighted by Crippen LogP contribution is -1.55. The molecule has 4 heteroatoms. The van der Waals surface area contributed by atoms with Crippen LogP contribution >= 0.6 is 8.25 Å². The van der Waals surface area contributed by atoms with E-state index in [1.165, 1.54) is 12.8 Å². The van der Waals surface area contributed by atoms with Crippen molar-refractivity contribution >= 4 is 8.25 Å². The zero-order chi connectivity index (χ0) is 8.41. The summed E-state index contributed by atoms with van der Waals surface area (Å²) in [5, 5.41) is 0. The van der Waals surface area contributed by atoms with E-state index in [0.29, 0.717) is 0 Å². The van der Waals surface area contributed by atoms with Crippen LogP contribution in [0.3, 0.4) is 0 Å². The molecule has 0 aliphatic carbocycles. The average molecular weight is 166 g/mol. The molecule has 0 fully saturated rings. The minimum absolute atomic E-state index is 0.932. The van der Waals surface area contributed by atoms with E-state index in [0.717, 1.165) is 6.26 Å². The fraction of sp³-hybridized carbons (Fsp3) is 0.667. The summed E-state index contributed by atoms with van der Waals surface area (Å²) in [5.74, 6) is 0. The highest BCUT2D eigenvalue weighted by molar-refractivity contribution is 7.32. The van der Waals surface area contributed by atoms with Crippen molar-refractivity contribution < 1.29 is 14.0 Å². The highest BCUT2D eigenvalue weighted by atomic mass is 31.1. The van der Waals surface area contributed by atoms with Crippen LogP contribution in [0.2, 0.25) is 0 Å². The molecule has 0 saturated heterocycles. The maximum atomic E-state index is 9.49. The molecule has 1 atom stereocenters. The molecule has 10 heavy (non-hydrogen) atoms. The van der Waals surface area contributed by atoms with Gasteiger partial charge in [0.2, 0.25) is 0 Å². The quantitative estimate of drug-likeness (QED) is 0.517. The largest absolute Gasteiger partial charge is 0.435 e. The van der Waals surface area contributed by atoms with E-state index in [-0.39, 0.29) is 0 Å². The fourth-order valence-electron chi connectivity index (χ4n) is 0.0713. The Bertz CT molecular complexity index is 91.0. The van der Waals surface area contributed by atoms with Crippen molar-refractivity contribution in [3.8, 4) is 0 Å². The van der Waals surface area contributed by atoms with Crippen LogP contribution in [0.5, 0.6) is 0 Å². The van der Waals surface area contributed by atoms with Crippen molar-refractivity contribution in [2.75, 3.05) is 0 Å². The molecular weight excluding hydrogens is 151 g/mol. The van der Waals surface area contributed by atoms with Gasteiger partial charge in [0.25, 0.3) is 0 Å². The van der Waals surface area contributed by atoms with Gasteiger partial charge < -0.3 is 9.42 Å². The van der Waals surface area contributed by atoms with Crippen molar-refractivity contribution in [3.63, 3.8) is 0 Å². The molecule has 0 aliphatic rings. The van der Waals surface area contributed by atoms with Gasteiger partial charge in [-0.1, -0.05) is 33.3 Å². The first-order valence-corrected chi connectivity index (χ1v) is 4.45. The van der Waals surface area contributed by atoms with Crippen LogP contribution in [0.4, 0.5) is 0 Å². The summed E-state index contributed by atoms with van der Waals surface area (Å²) in [6, 6.07) is 0. The van der Waals surface area contributed by atoms with Gasteiger partial charge in [0.1, 0.15) is 0 Å². The topological polar surface area (TPSA) is 46.5 Å². The van der Waals surface area contributed by atoms with Gasteiger partial charge in [0.15, 0.2) is 0 Å². The first-order valence-electron chi connectivity index (χ1n) is 3.19. The highest BCUT2D eigenvalue weighted by Gasteiger charge is 1.77. The number of hydrogen-bond acceptors (Lipinski definition) is 2. The number of unbranched alkanes of at least 4 members (excludes halogenated alkanes) is 1. The smallest absolute Gasteiger partial charge is 0.364 e. The molecule has 0 heterocycles. The first kappa shape index (κ1) is 12.4. The zero-order valence-corrected chi connectivity index (χ0v) is 7.46. The molecule has 0 aliphatic heterocycles. The van der Waals surface area contributed by atoms with Gasteiger partial charge in [-0.05, 0) is 0 Å². The molecule has 0 amide bonds. The predicted octanol–water partition coefficient (Wildman–Crippen LogP) is 2.33. The van der Waals surface area contributed by atoms with Crippen LogP contribution in [0, 0.1) is 0 Å². The van der Waals surface area contributed by atoms with Gasteiger partial charge in [-0.2, -0.15) is 0 Å². The van der Waals surface area contributed by atoms with Crippen LogP contribution in [0.1, 0.15) is 26.7 Å². The normalized spacial score (nSPS) is 10.7. The summed E-state index contributed by atoms with van der Waals surface area (Å²) in [7, 11) is -2.75. The van der Waals surface area contributed by atoms with Crippen molar-refractivity contribution in [1.82, 2.24) is 0 Å². The van der Waals surface area contributed by atoms with Crippen LogP contribution in [0.25, 0.3) is 0 Å². The monoisotopic (exact) mass is 166 g/mol. The van der Waals surface area contributed by atoms with Gasteiger partial charge in [-0.15, -0.1) is 0 Å². The summed E-state index contributed by atoms with van der Waals surface area (Å²) < 4.78 is 13.4. The van der Waals surface area contributed by atoms with Gasteiger partial charge >= 0.3 is 8.25 Å². The Kier molecular flexibility index (Phi) is 14.3. The van der Waals surface area contributed by atoms with E-state index in [9.17, 15) is 4.57 Å². The van der Waals surface area contributed by atoms with Crippen LogP contribution in [-0.4, -0.2) is 4.89 Å². The molecular formula is C6H15O3P. The maximum absolute atomic E-state index is 9.49. The average Bonchev–Trinajstić information content (AvgIpc) is 1.89.